The summed E-state index contributed by atoms with van der Waals surface area (Å²) in [5.74, 6) is 0. The van der Waals surface area contributed by atoms with E-state index in [1.165, 1.54) is 4.72 Å². The Hall–Kier alpha value is -0.340. The summed E-state index contributed by atoms with van der Waals surface area (Å²) in [6, 6.07) is 0. The fourth-order valence-electron chi connectivity index (χ4n) is 0.705. The van der Waals surface area contributed by atoms with E-state index in [1.54, 1.807) is 0 Å². The van der Waals surface area contributed by atoms with Crippen molar-refractivity contribution in [2.45, 2.75) is 31.8 Å². The van der Waals surface area contributed by atoms with Gasteiger partial charge in [-0.15, -0.1) is 0 Å². The average Bonchev–Trinajstić information content (AvgIpc) is 1.94. The molecule has 0 amide bonds. The Balaban J connectivity index is 3.99. The maximum Gasteiger partial charge on any atom is 0.511 e. The maximum atomic E-state index is 11.8. The highest BCUT2D eigenvalue weighted by Gasteiger charge is 2.45. The van der Waals surface area contributed by atoms with Gasteiger partial charge in [0.05, 0.1) is 0 Å². The summed E-state index contributed by atoms with van der Waals surface area (Å²) in [7, 11) is -5.21. The molecule has 0 aliphatic carbocycles. The number of nitrogens with one attached hydrogen (secondary N) is 2. The molecule has 0 radical (unpaired) electrons. The van der Waals surface area contributed by atoms with Crippen LogP contribution in [0.2, 0.25) is 0 Å². The molecule has 92 valence electrons. The normalized spacial score (nSPS) is 14.3. The van der Waals surface area contributed by atoms with Gasteiger partial charge in [0.25, 0.3) is 0 Å². The molecule has 0 heterocycles. The predicted molar refractivity (Wildman–Crippen MR) is 50.7 cm³/mol. The van der Waals surface area contributed by atoms with Crippen LogP contribution in [0.1, 0.15) is 20.8 Å². The van der Waals surface area contributed by atoms with E-state index in [0.29, 0.717) is 0 Å². The van der Waals surface area contributed by atoms with Crippen molar-refractivity contribution >= 4 is 10.0 Å². The minimum atomic E-state index is -5.24. The van der Waals surface area contributed by atoms with Gasteiger partial charge >= 0.3 is 15.5 Å². The van der Waals surface area contributed by atoms with Crippen LogP contribution < -0.4 is 10.0 Å². The van der Waals surface area contributed by atoms with Crippen molar-refractivity contribution in [3.63, 3.8) is 0 Å². The van der Waals surface area contributed by atoms with Crippen molar-refractivity contribution in [3.05, 3.63) is 0 Å². The smallest absolute Gasteiger partial charge is 0.311 e. The van der Waals surface area contributed by atoms with Crippen LogP contribution in [0.5, 0.6) is 0 Å². The van der Waals surface area contributed by atoms with Crippen molar-refractivity contribution < 1.29 is 21.6 Å². The number of sulfonamides is 1. The minimum Gasteiger partial charge on any atom is -0.311 e. The fourth-order valence-corrected chi connectivity index (χ4v) is 1.24. The van der Waals surface area contributed by atoms with Gasteiger partial charge in [-0.1, -0.05) is 0 Å². The molecule has 0 aliphatic rings. The molecule has 0 rings (SSSR count). The highest BCUT2D eigenvalue weighted by Crippen LogP contribution is 2.21. The summed E-state index contributed by atoms with van der Waals surface area (Å²) in [4.78, 5) is 0. The lowest BCUT2D eigenvalue weighted by atomic mass is 10.1. The Morgan fingerprint density at radius 1 is 1.07 bits per heavy atom. The van der Waals surface area contributed by atoms with E-state index in [0.717, 1.165) is 0 Å². The van der Waals surface area contributed by atoms with Gasteiger partial charge in [0, 0.05) is 18.6 Å². The lowest BCUT2D eigenvalue weighted by Crippen LogP contribution is -2.44. The third kappa shape index (κ3) is 5.95. The van der Waals surface area contributed by atoms with Gasteiger partial charge in [-0.3, -0.25) is 0 Å². The van der Waals surface area contributed by atoms with Crippen molar-refractivity contribution in [3.8, 4) is 0 Å². The molecular formula is C7H15F3N2O2S. The summed E-state index contributed by atoms with van der Waals surface area (Å²) >= 11 is 0. The molecule has 0 aromatic heterocycles. The molecule has 15 heavy (non-hydrogen) atoms. The Bertz CT molecular complexity index is 292. The van der Waals surface area contributed by atoms with Crippen molar-refractivity contribution in [1.29, 1.82) is 0 Å². The third-order valence-electron chi connectivity index (χ3n) is 1.38. The number of hydrogen-bond donors (Lipinski definition) is 2. The zero-order valence-electron chi connectivity index (χ0n) is 8.77. The second-order valence-corrected chi connectivity index (χ2v) is 5.78. The lowest BCUT2D eigenvalue weighted by Gasteiger charge is -2.20. The van der Waals surface area contributed by atoms with Crippen LogP contribution in [-0.4, -0.2) is 32.6 Å². The van der Waals surface area contributed by atoms with Gasteiger partial charge in [-0.2, -0.15) is 13.2 Å². The minimum absolute atomic E-state index is 0.138. The van der Waals surface area contributed by atoms with E-state index in [1.807, 2.05) is 20.8 Å². The third-order valence-corrected chi connectivity index (χ3v) is 2.57. The molecule has 4 nitrogen and oxygen atoms in total. The summed E-state index contributed by atoms with van der Waals surface area (Å²) < 4.78 is 58.0. The fraction of sp³-hybridized carbons (Fsp3) is 1.00. The summed E-state index contributed by atoms with van der Waals surface area (Å²) in [6.07, 6.45) is 0. The van der Waals surface area contributed by atoms with Crippen LogP contribution in [0.3, 0.4) is 0 Å². The van der Waals surface area contributed by atoms with Crippen LogP contribution in [0, 0.1) is 0 Å². The Kier molecular flexibility index (Phi) is 4.56. The van der Waals surface area contributed by atoms with E-state index in [-0.39, 0.29) is 18.6 Å². The molecule has 0 unspecified atom stereocenters. The predicted octanol–water partition coefficient (Wildman–Crippen LogP) is 0.814. The molecule has 2 N–H and O–H groups in total. The van der Waals surface area contributed by atoms with Gasteiger partial charge in [0.1, 0.15) is 0 Å². The molecular weight excluding hydrogens is 233 g/mol. The monoisotopic (exact) mass is 248 g/mol. The largest absolute Gasteiger partial charge is 0.511 e. The maximum absolute atomic E-state index is 11.8. The van der Waals surface area contributed by atoms with E-state index in [4.69, 9.17) is 0 Å². The first-order valence-electron chi connectivity index (χ1n) is 4.27. The van der Waals surface area contributed by atoms with Gasteiger partial charge in [0.15, 0.2) is 0 Å². The van der Waals surface area contributed by atoms with E-state index >= 15 is 0 Å². The summed E-state index contributed by atoms with van der Waals surface area (Å²) in [6.45, 7) is 5.32. The second kappa shape index (κ2) is 4.67. The zero-order chi connectivity index (χ0) is 12.3. The first-order chi connectivity index (χ1) is 6.46. The van der Waals surface area contributed by atoms with Crippen LogP contribution in [0.25, 0.3) is 0 Å². The van der Waals surface area contributed by atoms with Gasteiger partial charge in [-0.05, 0) is 20.8 Å². The van der Waals surface area contributed by atoms with E-state index in [2.05, 4.69) is 5.32 Å². The average molecular weight is 248 g/mol. The zero-order valence-corrected chi connectivity index (χ0v) is 9.59. The van der Waals surface area contributed by atoms with Crippen molar-refractivity contribution in [2.75, 3.05) is 13.1 Å². The summed E-state index contributed by atoms with van der Waals surface area (Å²) in [5.41, 5.74) is -5.50. The van der Waals surface area contributed by atoms with Crippen LogP contribution >= 0.6 is 0 Å². The molecule has 0 saturated heterocycles. The molecule has 0 saturated carbocycles. The molecule has 0 aliphatic heterocycles. The molecule has 0 aromatic carbocycles. The quantitative estimate of drug-likeness (QED) is 0.724. The Morgan fingerprint density at radius 3 is 1.87 bits per heavy atom. The molecule has 8 heteroatoms. The second-order valence-electron chi connectivity index (χ2n) is 4.02. The standard InChI is InChI=1S/C7H15F3N2O2S/c1-6(2,3)11-4-5-12-15(13,14)7(8,9)10/h11-12H,4-5H2,1-3H3. The van der Waals surface area contributed by atoms with Crippen LogP contribution in [0.15, 0.2) is 0 Å². The Morgan fingerprint density at radius 2 is 1.53 bits per heavy atom. The Labute approximate surface area is 87.3 Å². The number of hydrogen-bond acceptors (Lipinski definition) is 3. The topological polar surface area (TPSA) is 58.2 Å². The lowest BCUT2D eigenvalue weighted by molar-refractivity contribution is -0.0447. The van der Waals surface area contributed by atoms with E-state index < -0.39 is 15.5 Å². The molecule has 0 fully saturated rings. The first kappa shape index (κ1) is 14.7. The van der Waals surface area contributed by atoms with Crippen molar-refractivity contribution in [1.82, 2.24) is 10.0 Å². The van der Waals surface area contributed by atoms with Crippen LogP contribution in [0.4, 0.5) is 13.2 Å². The van der Waals surface area contributed by atoms with E-state index in [9.17, 15) is 21.6 Å². The molecule has 0 aromatic rings. The molecule has 0 atom stereocenters. The highest BCUT2D eigenvalue weighted by atomic mass is 32.2. The SMILES string of the molecule is CC(C)(C)NCCNS(=O)(=O)C(F)(F)F. The highest BCUT2D eigenvalue weighted by molar-refractivity contribution is 7.90. The summed E-state index contributed by atoms with van der Waals surface area (Å²) in [5, 5.41) is 2.85. The number of halogens is 3. The van der Waals surface area contributed by atoms with Crippen molar-refractivity contribution in [2.24, 2.45) is 0 Å². The first-order valence-corrected chi connectivity index (χ1v) is 5.75. The van der Waals surface area contributed by atoms with Gasteiger partial charge in [-0.25, -0.2) is 13.1 Å². The van der Waals surface area contributed by atoms with Gasteiger partial charge in [0.2, 0.25) is 0 Å². The molecule has 0 spiro atoms. The number of alkyl halides is 3. The molecule has 0 bridgehead atoms. The van der Waals surface area contributed by atoms with Gasteiger partial charge < -0.3 is 5.32 Å². The number of rotatable bonds is 4. The van der Waals surface area contributed by atoms with Crippen LogP contribution in [-0.2, 0) is 10.0 Å².